The number of ketones is 1. The van der Waals surface area contributed by atoms with Gasteiger partial charge in [-0.3, -0.25) is 4.79 Å². The van der Waals surface area contributed by atoms with E-state index in [0.29, 0.717) is 11.3 Å². The lowest BCUT2D eigenvalue weighted by atomic mass is 10.0. The Balaban J connectivity index is 2.52. The van der Waals surface area contributed by atoms with Crippen LogP contribution in [0.4, 0.5) is 0 Å². The molecule has 0 aliphatic carbocycles. The maximum Gasteiger partial charge on any atom is 0.378 e. The second-order valence-corrected chi connectivity index (χ2v) is 5.21. The van der Waals surface area contributed by atoms with E-state index in [1.807, 2.05) is 38.1 Å². The molecular weight excluding hydrogens is 296 g/mol. The first-order valence-corrected chi connectivity index (χ1v) is 7.15. The lowest BCUT2D eigenvalue weighted by Gasteiger charge is -2.14. The second kappa shape index (κ2) is 6.96. The minimum absolute atomic E-state index is 0.00861. The minimum atomic E-state index is -1.03. The van der Waals surface area contributed by atoms with Crippen LogP contribution in [-0.2, 0) is 14.3 Å². The minimum Gasteiger partial charge on any atom is -0.507 e. The zero-order chi connectivity index (χ0) is 17.0. The van der Waals surface area contributed by atoms with Crippen molar-refractivity contribution in [1.82, 2.24) is 0 Å². The number of hydrogen-bond acceptors (Lipinski definition) is 5. The van der Waals surface area contributed by atoms with Crippen molar-refractivity contribution in [3.8, 4) is 5.75 Å². The quantitative estimate of drug-likeness (QED) is 0.397. The van der Waals surface area contributed by atoms with E-state index in [1.54, 1.807) is 12.1 Å². The maximum atomic E-state index is 11.6. The number of carbonyl (C=O) groups excluding carboxylic acids is 2. The Kier molecular flexibility index (Phi) is 5.01. The number of fused-ring (bicyclic) bond motifs is 1. The molecule has 2 rings (SSSR count). The van der Waals surface area contributed by atoms with Gasteiger partial charge in [0.1, 0.15) is 11.5 Å². The normalized spacial score (nSPS) is 11.6. The van der Waals surface area contributed by atoms with Crippen LogP contribution in [0.25, 0.3) is 16.5 Å². The van der Waals surface area contributed by atoms with Gasteiger partial charge in [0.25, 0.3) is 5.78 Å². The average molecular weight is 314 g/mol. The van der Waals surface area contributed by atoms with E-state index in [-0.39, 0.29) is 11.9 Å². The number of carbonyl (C=O) groups is 2. The molecule has 0 aliphatic rings. The summed E-state index contributed by atoms with van der Waals surface area (Å²) in [7, 11) is 1.11. The summed E-state index contributed by atoms with van der Waals surface area (Å²) < 4.78 is 10.1. The molecule has 120 valence electrons. The number of aliphatic hydroxyl groups excluding tert-OH is 1. The van der Waals surface area contributed by atoms with Crippen molar-refractivity contribution < 1.29 is 24.2 Å². The third-order valence-electron chi connectivity index (χ3n) is 3.18. The van der Waals surface area contributed by atoms with E-state index in [2.05, 4.69) is 4.74 Å². The number of rotatable bonds is 5. The monoisotopic (exact) mass is 314 g/mol. The number of esters is 1. The summed E-state index contributed by atoms with van der Waals surface area (Å²) in [5.74, 6) is -1.56. The van der Waals surface area contributed by atoms with Crippen molar-refractivity contribution in [2.75, 3.05) is 7.11 Å². The molecule has 1 N–H and O–H groups in total. The summed E-state index contributed by atoms with van der Waals surface area (Å²) in [5.41, 5.74) is 0.439. The van der Waals surface area contributed by atoms with Gasteiger partial charge in [-0.15, -0.1) is 0 Å². The Morgan fingerprint density at radius 2 is 1.74 bits per heavy atom. The van der Waals surface area contributed by atoms with Crippen LogP contribution in [0.1, 0.15) is 19.4 Å². The second-order valence-electron chi connectivity index (χ2n) is 5.21. The zero-order valence-electron chi connectivity index (χ0n) is 13.2. The Labute approximate surface area is 134 Å². The van der Waals surface area contributed by atoms with Gasteiger partial charge in [-0.2, -0.15) is 0 Å². The Bertz CT molecular complexity index is 774. The fourth-order valence-corrected chi connectivity index (χ4v) is 2.21. The molecule has 0 bridgehead atoms. The van der Waals surface area contributed by atoms with Crippen molar-refractivity contribution in [1.29, 1.82) is 0 Å². The third kappa shape index (κ3) is 3.69. The van der Waals surface area contributed by atoms with Crippen LogP contribution in [0.2, 0.25) is 0 Å². The molecule has 2 aromatic carbocycles. The molecule has 0 radical (unpaired) electrons. The number of methoxy groups -OCH3 is 1. The fraction of sp³-hybridized carbons (Fsp3) is 0.222. The third-order valence-corrected chi connectivity index (χ3v) is 3.18. The van der Waals surface area contributed by atoms with E-state index in [4.69, 9.17) is 4.74 Å². The maximum absolute atomic E-state index is 11.6. The van der Waals surface area contributed by atoms with E-state index >= 15 is 0 Å². The highest BCUT2D eigenvalue weighted by atomic mass is 16.5. The first-order valence-electron chi connectivity index (χ1n) is 7.15. The summed E-state index contributed by atoms with van der Waals surface area (Å²) in [6.07, 6.45) is 0.866. The first kappa shape index (κ1) is 16.5. The van der Waals surface area contributed by atoms with Crippen molar-refractivity contribution in [2.24, 2.45) is 0 Å². The van der Waals surface area contributed by atoms with Crippen LogP contribution in [0.15, 0.2) is 42.5 Å². The van der Waals surface area contributed by atoms with E-state index in [1.165, 1.54) is 0 Å². The largest absolute Gasteiger partial charge is 0.507 e. The van der Waals surface area contributed by atoms with Crippen LogP contribution in [-0.4, -0.2) is 30.1 Å². The van der Waals surface area contributed by atoms with Crippen molar-refractivity contribution in [3.05, 3.63) is 48.0 Å². The van der Waals surface area contributed by atoms with Gasteiger partial charge < -0.3 is 14.6 Å². The average Bonchev–Trinajstić information content (AvgIpc) is 2.53. The highest BCUT2D eigenvalue weighted by Crippen LogP contribution is 2.32. The van der Waals surface area contributed by atoms with Gasteiger partial charge in [0.2, 0.25) is 0 Å². The van der Waals surface area contributed by atoms with Crippen LogP contribution in [0.3, 0.4) is 0 Å². The molecule has 5 heteroatoms. The molecule has 0 spiro atoms. The standard InChI is InChI=1S/C18H18O5/c1-11(2)23-17-9-8-13(12-6-4-5-7-14(12)17)15(19)10-16(20)18(21)22-3/h4-11,19H,1-3H3/b15-10-. The van der Waals surface area contributed by atoms with Gasteiger partial charge in [-0.25, -0.2) is 4.79 Å². The fourth-order valence-electron chi connectivity index (χ4n) is 2.21. The first-order chi connectivity index (χ1) is 10.9. The highest BCUT2D eigenvalue weighted by Gasteiger charge is 2.15. The molecule has 0 amide bonds. The molecule has 0 fully saturated rings. The van der Waals surface area contributed by atoms with Gasteiger partial charge in [-0.1, -0.05) is 24.3 Å². The highest BCUT2D eigenvalue weighted by molar-refractivity contribution is 6.39. The van der Waals surface area contributed by atoms with Gasteiger partial charge in [-0.05, 0) is 31.4 Å². The Morgan fingerprint density at radius 1 is 1.09 bits per heavy atom. The van der Waals surface area contributed by atoms with Crippen molar-refractivity contribution >= 4 is 28.3 Å². The Morgan fingerprint density at radius 3 is 2.35 bits per heavy atom. The summed E-state index contributed by atoms with van der Waals surface area (Å²) in [4.78, 5) is 22.7. The summed E-state index contributed by atoms with van der Waals surface area (Å²) in [5, 5.41) is 11.7. The lowest BCUT2D eigenvalue weighted by molar-refractivity contribution is -0.149. The molecule has 0 aliphatic heterocycles. The Hall–Kier alpha value is -2.82. The van der Waals surface area contributed by atoms with Crippen LogP contribution in [0.5, 0.6) is 5.75 Å². The van der Waals surface area contributed by atoms with E-state index in [9.17, 15) is 14.7 Å². The topological polar surface area (TPSA) is 72.8 Å². The number of benzene rings is 2. The van der Waals surface area contributed by atoms with Gasteiger partial charge in [0.05, 0.1) is 13.2 Å². The van der Waals surface area contributed by atoms with Crippen LogP contribution < -0.4 is 4.74 Å². The predicted molar refractivity (Wildman–Crippen MR) is 87.3 cm³/mol. The van der Waals surface area contributed by atoms with Gasteiger partial charge in [0, 0.05) is 17.0 Å². The molecular formula is C18H18O5. The lowest BCUT2D eigenvalue weighted by Crippen LogP contribution is -2.13. The molecule has 0 heterocycles. The summed E-state index contributed by atoms with van der Waals surface area (Å²) in [6.45, 7) is 3.85. The summed E-state index contributed by atoms with van der Waals surface area (Å²) >= 11 is 0. The molecule has 0 atom stereocenters. The molecule has 0 aromatic heterocycles. The molecule has 5 nitrogen and oxygen atoms in total. The van der Waals surface area contributed by atoms with E-state index in [0.717, 1.165) is 24.0 Å². The predicted octanol–water partition coefficient (Wildman–Crippen LogP) is 3.27. The number of ether oxygens (including phenoxy) is 2. The zero-order valence-corrected chi connectivity index (χ0v) is 13.2. The van der Waals surface area contributed by atoms with Crippen molar-refractivity contribution in [2.45, 2.75) is 20.0 Å². The molecule has 0 saturated carbocycles. The van der Waals surface area contributed by atoms with E-state index < -0.39 is 11.8 Å². The molecule has 0 unspecified atom stereocenters. The number of hydrogen-bond donors (Lipinski definition) is 1. The number of aliphatic hydroxyl groups is 1. The molecule has 0 saturated heterocycles. The summed E-state index contributed by atoms with van der Waals surface area (Å²) in [6, 6.07) is 10.7. The molecule has 23 heavy (non-hydrogen) atoms. The molecule has 2 aromatic rings. The smallest absolute Gasteiger partial charge is 0.378 e. The van der Waals surface area contributed by atoms with Crippen LogP contribution in [0, 0.1) is 0 Å². The van der Waals surface area contributed by atoms with Crippen molar-refractivity contribution in [3.63, 3.8) is 0 Å². The van der Waals surface area contributed by atoms with Gasteiger partial charge >= 0.3 is 5.97 Å². The van der Waals surface area contributed by atoms with Crippen LogP contribution >= 0.6 is 0 Å². The van der Waals surface area contributed by atoms with Gasteiger partial charge in [0.15, 0.2) is 0 Å². The SMILES string of the molecule is COC(=O)C(=O)/C=C(\O)c1ccc(OC(C)C)c2ccccc12.